The van der Waals surface area contributed by atoms with E-state index in [4.69, 9.17) is 21.1 Å². The number of hydrogen-bond donors (Lipinski definition) is 0. The number of carbonyl (C=O) groups is 2. The number of halogens is 1. The molecule has 0 unspecified atom stereocenters. The minimum Gasteiger partial charge on any atom is -0.465 e. The molecule has 2 aliphatic carbocycles. The molecule has 0 bridgehead atoms. The van der Waals surface area contributed by atoms with Crippen LogP contribution < -0.4 is 0 Å². The Labute approximate surface area is 159 Å². The summed E-state index contributed by atoms with van der Waals surface area (Å²) in [6.45, 7) is 6.10. The van der Waals surface area contributed by atoms with Gasteiger partial charge in [-0.15, -0.1) is 11.6 Å². The average molecular weight is 375 g/mol. The van der Waals surface area contributed by atoms with E-state index in [-0.39, 0.29) is 17.0 Å². The minimum atomic E-state index is -0.599. The van der Waals surface area contributed by atoms with Crippen molar-refractivity contribution in [1.82, 2.24) is 0 Å². The Balaban J connectivity index is 2.90. The quantitative estimate of drug-likeness (QED) is 0.546. The Morgan fingerprint density at radius 3 is 2.23 bits per heavy atom. The highest BCUT2D eigenvalue weighted by Crippen LogP contribution is 2.38. The van der Waals surface area contributed by atoms with Crippen molar-refractivity contribution in [3.63, 3.8) is 0 Å². The summed E-state index contributed by atoms with van der Waals surface area (Å²) < 4.78 is 9.86. The van der Waals surface area contributed by atoms with Crippen LogP contribution in [0.3, 0.4) is 0 Å². The molecule has 138 valence electrons. The average Bonchev–Trinajstić information content (AvgIpc) is 2.89. The fourth-order valence-electron chi connectivity index (χ4n) is 2.95. The van der Waals surface area contributed by atoms with Gasteiger partial charge in [-0.3, -0.25) is 0 Å². The van der Waals surface area contributed by atoms with Crippen LogP contribution in [0.2, 0.25) is 0 Å². The molecule has 26 heavy (non-hydrogen) atoms. The number of esters is 2. The van der Waals surface area contributed by atoms with Gasteiger partial charge < -0.3 is 9.47 Å². The highest BCUT2D eigenvalue weighted by Gasteiger charge is 2.31. The number of allylic oxidation sites excluding steroid dienone is 10. The summed E-state index contributed by atoms with van der Waals surface area (Å²) >= 11 is 6.19. The molecule has 0 aromatic carbocycles. The third-order valence-electron chi connectivity index (χ3n) is 4.42. The van der Waals surface area contributed by atoms with E-state index in [0.29, 0.717) is 11.5 Å². The summed E-state index contributed by atoms with van der Waals surface area (Å²) in [5, 5.41) is 0. The van der Waals surface area contributed by atoms with Crippen LogP contribution in [0.15, 0.2) is 69.4 Å². The van der Waals surface area contributed by atoms with Crippen LogP contribution in [-0.2, 0) is 19.1 Å². The van der Waals surface area contributed by atoms with E-state index < -0.39 is 11.9 Å². The molecule has 0 amide bonds. The highest BCUT2D eigenvalue weighted by atomic mass is 35.5. The summed E-state index contributed by atoms with van der Waals surface area (Å²) in [5.74, 6) is -0.654. The number of rotatable bonds is 4. The topological polar surface area (TPSA) is 52.6 Å². The standard InChI is InChI=1S/C21H23ClO4/c1-12(2)14-7-6-13(3)18-17(10-14)15(11-22)8-9-16(20(23)25-4)19(18)21(24)26-5/h6-10,12H,11H2,1-5H3. The van der Waals surface area contributed by atoms with Gasteiger partial charge in [-0.05, 0) is 41.2 Å². The molecular weight excluding hydrogens is 352 g/mol. The first-order valence-electron chi connectivity index (χ1n) is 8.35. The molecule has 2 rings (SSSR count). The lowest BCUT2D eigenvalue weighted by molar-refractivity contribution is -0.139. The van der Waals surface area contributed by atoms with E-state index in [1.165, 1.54) is 14.2 Å². The van der Waals surface area contributed by atoms with Crippen molar-refractivity contribution < 1.29 is 19.1 Å². The fourth-order valence-corrected chi connectivity index (χ4v) is 3.18. The first-order valence-corrected chi connectivity index (χ1v) is 8.88. The molecule has 0 saturated heterocycles. The molecule has 0 aromatic rings. The SMILES string of the molecule is COC(=O)C1=CC=C(CCl)C2=CC(C(C)C)=CC=C(C)C2=C1C(=O)OC. The van der Waals surface area contributed by atoms with Crippen molar-refractivity contribution >= 4 is 23.5 Å². The van der Waals surface area contributed by atoms with Crippen LogP contribution in [0.5, 0.6) is 0 Å². The van der Waals surface area contributed by atoms with E-state index in [1.54, 1.807) is 12.2 Å². The molecule has 0 fully saturated rings. The number of carbonyl (C=O) groups excluding carboxylic acids is 2. The Morgan fingerprint density at radius 1 is 1.04 bits per heavy atom. The molecule has 0 spiro atoms. The van der Waals surface area contributed by atoms with Gasteiger partial charge in [-0.25, -0.2) is 9.59 Å². The second-order valence-electron chi connectivity index (χ2n) is 6.37. The Hall–Kier alpha value is -2.33. The third-order valence-corrected chi connectivity index (χ3v) is 4.71. The molecule has 5 heteroatoms. The zero-order valence-electron chi connectivity index (χ0n) is 15.7. The van der Waals surface area contributed by atoms with Crippen molar-refractivity contribution in [3.8, 4) is 0 Å². The van der Waals surface area contributed by atoms with Gasteiger partial charge in [-0.1, -0.05) is 38.2 Å². The molecule has 0 N–H and O–H groups in total. The molecule has 4 nitrogen and oxygen atoms in total. The van der Waals surface area contributed by atoms with Gasteiger partial charge in [0.1, 0.15) is 0 Å². The van der Waals surface area contributed by atoms with Gasteiger partial charge in [0.25, 0.3) is 0 Å². The molecule has 0 saturated carbocycles. The lowest BCUT2D eigenvalue weighted by Gasteiger charge is -2.18. The fraction of sp³-hybridized carbons (Fsp3) is 0.333. The zero-order valence-corrected chi connectivity index (χ0v) is 16.4. The highest BCUT2D eigenvalue weighted by molar-refractivity contribution is 6.20. The van der Waals surface area contributed by atoms with Crippen LogP contribution in [0.4, 0.5) is 0 Å². The first kappa shape index (κ1) is 20.0. The van der Waals surface area contributed by atoms with Crippen LogP contribution in [0.1, 0.15) is 20.8 Å². The van der Waals surface area contributed by atoms with Gasteiger partial charge in [0.2, 0.25) is 0 Å². The van der Waals surface area contributed by atoms with E-state index in [9.17, 15) is 9.59 Å². The van der Waals surface area contributed by atoms with Crippen molar-refractivity contribution in [2.24, 2.45) is 5.92 Å². The van der Waals surface area contributed by atoms with Gasteiger partial charge in [-0.2, -0.15) is 0 Å². The van der Waals surface area contributed by atoms with E-state index in [2.05, 4.69) is 13.8 Å². The van der Waals surface area contributed by atoms with Crippen molar-refractivity contribution in [2.45, 2.75) is 20.8 Å². The van der Waals surface area contributed by atoms with Gasteiger partial charge >= 0.3 is 11.9 Å². The lowest BCUT2D eigenvalue weighted by atomic mass is 9.87. The van der Waals surface area contributed by atoms with E-state index >= 15 is 0 Å². The molecule has 0 aromatic heterocycles. The molecule has 0 radical (unpaired) electrons. The number of hydrogen-bond acceptors (Lipinski definition) is 4. The lowest BCUT2D eigenvalue weighted by Crippen LogP contribution is -2.17. The minimum absolute atomic E-state index is 0.154. The Kier molecular flexibility index (Phi) is 6.43. The maximum Gasteiger partial charge on any atom is 0.339 e. The van der Waals surface area contributed by atoms with Crippen LogP contribution in [0.25, 0.3) is 0 Å². The monoisotopic (exact) mass is 374 g/mol. The second-order valence-corrected chi connectivity index (χ2v) is 6.64. The van der Waals surface area contributed by atoms with Gasteiger partial charge in [0, 0.05) is 11.5 Å². The summed E-state index contributed by atoms with van der Waals surface area (Å²) in [6.07, 6.45) is 9.33. The normalized spacial score (nSPS) is 17.1. The summed E-state index contributed by atoms with van der Waals surface area (Å²) in [5.41, 5.74) is 4.58. The summed E-state index contributed by atoms with van der Waals surface area (Å²) in [4.78, 5) is 25.0. The van der Waals surface area contributed by atoms with Crippen molar-refractivity contribution in [1.29, 1.82) is 0 Å². The third kappa shape index (κ3) is 3.75. The molecule has 0 aliphatic heterocycles. The molecule has 0 heterocycles. The predicted octanol–water partition coefficient (Wildman–Crippen LogP) is 4.20. The molecule has 2 aliphatic rings. The van der Waals surface area contributed by atoms with E-state index in [0.717, 1.165) is 22.3 Å². The largest absolute Gasteiger partial charge is 0.465 e. The number of ether oxygens (including phenoxy) is 2. The Morgan fingerprint density at radius 2 is 1.69 bits per heavy atom. The summed E-state index contributed by atoms with van der Waals surface area (Å²) in [7, 11) is 2.58. The van der Waals surface area contributed by atoms with Crippen molar-refractivity contribution in [2.75, 3.05) is 20.1 Å². The maximum absolute atomic E-state index is 12.6. The van der Waals surface area contributed by atoms with Crippen LogP contribution in [-0.4, -0.2) is 32.0 Å². The summed E-state index contributed by atoms with van der Waals surface area (Å²) in [6, 6.07) is 0. The van der Waals surface area contributed by atoms with Crippen LogP contribution >= 0.6 is 11.6 Å². The zero-order chi connectivity index (χ0) is 19.4. The smallest absolute Gasteiger partial charge is 0.339 e. The number of alkyl halides is 1. The first-order chi connectivity index (χ1) is 12.3. The molecule has 0 atom stereocenters. The Bertz CT molecular complexity index is 817. The second kappa shape index (κ2) is 8.37. The molecular formula is C21H23ClO4. The van der Waals surface area contributed by atoms with E-state index in [1.807, 2.05) is 25.2 Å². The number of fused-ring (bicyclic) bond motifs is 1. The van der Waals surface area contributed by atoms with Gasteiger partial charge in [0.15, 0.2) is 0 Å². The van der Waals surface area contributed by atoms with Crippen LogP contribution in [0, 0.1) is 5.92 Å². The van der Waals surface area contributed by atoms with Gasteiger partial charge in [0.05, 0.1) is 25.4 Å². The number of methoxy groups -OCH3 is 2. The predicted molar refractivity (Wildman–Crippen MR) is 103 cm³/mol. The van der Waals surface area contributed by atoms with Crippen molar-refractivity contribution in [3.05, 3.63) is 69.4 Å². The maximum atomic E-state index is 12.6.